The van der Waals surface area contributed by atoms with Crippen LogP contribution in [0.2, 0.25) is 0 Å². The van der Waals surface area contributed by atoms with Crippen LogP contribution in [0.4, 0.5) is 10.5 Å². The summed E-state index contributed by atoms with van der Waals surface area (Å²) in [4.78, 5) is 11.8. The molecule has 0 spiro atoms. The van der Waals surface area contributed by atoms with E-state index in [0.29, 0.717) is 11.3 Å². The Kier molecular flexibility index (Phi) is 4.65. The molecule has 0 saturated heterocycles. The maximum atomic E-state index is 11.8. The monoisotopic (exact) mass is 281 g/mol. The van der Waals surface area contributed by atoms with Gasteiger partial charge in [0, 0.05) is 11.1 Å². The fraction of sp³-hybridized carbons (Fsp3) is 0.533. The molecule has 0 aliphatic carbocycles. The van der Waals surface area contributed by atoms with Gasteiger partial charge in [0.05, 0.1) is 6.61 Å². The fourth-order valence-corrected chi connectivity index (χ4v) is 1.70. The molecular weight excluding hydrogens is 258 g/mol. The molecule has 0 fully saturated rings. The number of phenolic OH excluding ortho intramolecular Hbond substituents is 1. The van der Waals surface area contributed by atoms with Crippen molar-refractivity contribution in [3.05, 3.63) is 23.8 Å². The molecule has 3 N–H and O–H groups in total. The van der Waals surface area contributed by atoms with Crippen LogP contribution in [0.25, 0.3) is 0 Å². The first-order valence-corrected chi connectivity index (χ1v) is 6.49. The van der Waals surface area contributed by atoms with E-state index < -0.39 is 17.1 Å². The minimum atomic E-state index is -0.594. The van der Waals surface area contributed by atoms with Crippen LogP contribution in [0.15, 0.2) is 18.2 Å². The predicted octanol–water partition coefficient (Wildman–Crippen LogP) is 3.01. The Morgan fingerprint density at radius 3 is 2.35 bits per heavy atom. The number of carbonyl (C=O) groups excluding carboxylic acids is 1. The maximum absolute atomic E-state index is 11.8. The Balaban J connectivity index is 3.04. The van der Waals surface area contributed by atoms with E-state index in [4.69, 9.17) is 4.74 Å². The average molecular weight is 281 g/mol. The normalized spacial score (nSPS) is 12.1. The molecule has 1 aromatic rings. The number of benzene rings is 1. The summed E-state index contributed by atoms with van der Waals surface area (Å²) in [6.07, 6.45) is -0.571. The predicted molar refractivity (Wildman–Crippen MR) is 78.1 cm³/mol. The number of phenols is 1. The number of aliphatic hydroxyl groups is 1. The van der Waals surface area contributed by atoms with Crippen molar-refractivity contribution < 1.29 is 19.7 Å². The van der Waals surface area contributed by atoms with E-state index in [9.17, 15) is 15.0 Å². The lowest BCUT2D eigenvalue weighted by Gasteiger charge is -2.26. The Morgan fingerprint density at radius 1 is 1.25 bits per heavy atom. The number of carbonyl (C=O) groups is 1. The summed E-state index contributed by atoms with van der Waals surface area (Å²) in [5.41, 5.74) is -0.0292. The first-order chi connectivity index (χ1) is 9.05. The number of rotatable bonds is 3. The summed E-state index contributed by atoms with van der Waals surface area (Å²) in [6.45, 7) is 8.87. The molecule has 0 radical (unpaired) electrons. The van der Waals surface area contributed by atoms with Gasteiger partial charge in [0.1, 0.15) is 11.4 Å². The lowest BCUT2D eigenvalue weighted by molar-refractivity contribution is 0.0635. The molecule has 1 aromatic carbocycles. The smallest absolute Gasteiger partial charge is 0.412 e. The maximum Gasteiger partial charge on any atom is 0.412 e. The van der Waals surface area contributed by atoms with Crippen molar-refractivity contribution in [2.75, 3.05) is 11.9 Å². The van der Waals surface area contributed by atoms with E-state index in [-0.39, 0.29) is 12.4 Å². The lowest BCUT2D eigenvalue weighted by atomic mass is 9.84. The molecule has 0 unspecified atom stereocenters. The number of ether oxygens (including phenoxy) is 1. The standard InChI is InChI=1S/C15H23NO4/c1-14(2,3)20-13(19)16-12-7-6-10(18)8-11(12)15(4,5)9-17/h6-8,17-18H,9H2,1-5H3,(H,16,19). The van der Waals surface area contributed by atoms with E-state index >= 15 is 0 Å². The largest absolute Gasteiger partial charge is 0.508 e. The molecule has 0 aliphatic rings. The third-order valence-electron chi connectivity index (χ3n) is 2.76. The van der Waals surface area contributed by atoms with Crippen LogP contribution in [0, 0.1) is 0 Å². The van der Waals surface area contributed by atoms with Crippen molar-refractivity contribution in [1.82, 2.24) is 0 Å². The van der Waals surface area contributed by atoms with E-state index in [1.807, 2.05) is 13.8 Å². The summed E-state index contributed by atoms with van der Waals surface area (Å²) in [5.74, 6) is 0.0799. The van der Waals surface area contributed by atoms with Crippen LogP contribution >= 0.6 is 0 Å². The molecule has 112 valence electrons. The van der Waals surface area contributed by atoms with Crippen LogP contribution in [0.5, 0.6) is 5.75 Å². The zero-order valence-corrected chi connectivity index (χ0v) is 12.7. The molecule has 0 saturated carbocycles. The first kappa shape index (κ1) is 16.3. The van der Waals surface area contributed by atoms with Gasteiger partial charge in [0.15, 0.2) is 0 Å². The van der Waals surface area contributed by atoms with Gasteiger partial charge in [-0.05, 0) is 44.5 Å². The van der Waals surface area contributed by atoms with Crippen LogP contribution < -0.4 is 5.32 Å². The number of aromatic hydroxyl groups is 1. The van der Waals surface area contributed by atoms with Crippen molar-refractivity contribution in [3.63, 3.8) is 0 Å². The molecule has 1 rings (SSSR count). The third-order valence-corrected chi connectivity index (χ3v) is 2.76. The second kappa shape index (κ2) is 5.71. The summed E-state index contributed by atoms with van der Waals surface area (Å²) in [5, 5.41) is 21.7. The highest BCUT2D eigenvalue weighted by Gasteiger charge is 2.25. The highest BCUT2D eigenvalue weighted by Crippen LogP contribution is 2.32. The summed E-state index contributed by atoms with van der Waals surface area (Å²) < 4.78 is 5.20. The minimum Gasteiger partial charge on any atom is -0.508 e. The highest BCUT2D eigenvalue weighted by molar-refractivity contribution is 5.86. The van der Waals surface area contributed by atoms with Crippen molar-refractivity contribution in [2.24, 2.45) is 0 Å². The topological polar surface area (TPSA) is 78.8 Å². The number of hydrogen-bond donors (Lipinski definition) is 3. The number of aliphatic hydroxyl groups excluding tert-OH is 1. The molecule has 20 heavy (non-hydrogen) atoms. The van der Waals surface area contributed by atoms with Crippen LogP contribution in [-0.2, 0) is 10.2 Å². The fourth-order valence-electron chi connectivity index (χ4n) is 1.70. The van der Waals surface area contributed by atoms with Crippen molar-refractivity contribution in [2.45, 2.75) is 45.6 Å². The Labute approximate surface area is 119 Å². The van der Waals surface area contributed by atoms with E-state index in [1.54, 1.807) is 26.8 Å². The number of anilines is 1. The highest BCUT2D eigenvalue weighted by atomic mass is 16.6. The van der Waals surface area contributed by atoms with Gasteiger partial charge in [-0.25, -0.2) is 4.79 Å². The lowest BCUT2D eigenvalue weighted by Crippen LogP contribution is -2.29. The molecule has 1 amide bonds. The second-order valence-corrected chi connectivity index (χ2v) is 6.40. The van der Waals surface area contributed by atoms with E-state index in [1.165, 1.54) is 12.1 Å². The molecule has 5 heteroatoms. The van der Waals surface area contributed by atoms with Gasteiger partial charge >= 0.3 is 6.09 Å². The number of amides is 1. The van der Waals surface area contributed by atoms with Gasteiger partial charge in [-0.15, -0.1) is 0 Å². The van der Waals surface area contributed by atoms with Crippen LogP contribution in [-0.4, -0.2) is 28.5 Å². The first-order valence-electron chi connectivity index (χ1n) is 6.49. The Morgan fingerprint density at radius 2 is 1.85 bits per heavy atom. The molecule has 0 atom stereocenters. The van der Waals surface area contributed by atoms with Gasteiger partial charge < -0.3 is 14.9 Å². The minimum absolute atomic E-state index is 0.0799. The van der Waals surface area contributed by atoms with Crippen LogP contribution in [0.1, 0.15) is 40.2 Å². The summed E-state index contributed by atoms with van der Waals surface area (Å²) in [7, 11) is 0. The van der Waals surface area contributed by atoms with Gasteiger partial charge in [0.25, 0.3) is 0 Å². The molecule has 0 heterocycles. The second-order valence-electron chi connectivity index (χ2n) is 6.40. The molecular formula is C15H23NO4. The summed E-state index contributed by atoms with van der Waals surface area (Å²) >= 11 is 0. The van der Waals surface area contributed by atoms with Crippen molar-refractivity contribution in [1.29, 1.82) is 0 Å². The molecule has 0 aromatic heterocycles. The quantitative estimate of drug-likeness (QED) is 0.744. The average Bonchev–Trinajstić information content (AvgIpc) is 2.29. The Hall–Kier alpha value is -1.75. The van der Waals surface area contributed by atoms with E-state index in [2.05, 4.69) is 5.32 Å². The van der Waals surface area contributed by atoms with Gasteiger partial charge in [-0.2, -0.15) is 0 Å². The SMILES string of the molecule is CC(C)(C)OC(=O)Nc1ccc(O)cc1C(C)(C)CO. The molecule has 0 aliphatic heterocycles. The zero-order valence-electron chi connectivity index (χ0n) is 12.7. The molecule has 5 nitrogen and oxygen atoms in total. The zero-order chi connectivity index (χ0) is 15.6. The van der Waals surface area contributed by atoms with Crippen LogP contribution in [0.3, 0.4) is 0 Å². The molecule has 0 bridgehead atoms. The van der Waals surface area contributed by atoms with E-state index in [0.717, 1.165) is 0 Å². The van der Waals surface area contributed by atoms with Crippen molar-refractivity contribution >= 4 is 11.8 Å². The van der Waals surface area contributed by atoms with Gasteiger partial charge in [-0.1, -0.05) is 13.8 Å². The summed E-state index contributed by atoms with van der Waals surface area (Å²) in [6, 6.07) is 4.60. The number of hydrogen-bond acceptors (Lipinski definition) is 4. The van der Waals surface area contributed by atoms with Gasteiger partial charge in [-0.3, -0.25) is 5.32 Å². The van der Waals surface area contributed by atoms with Crippen molar-refractivity contribution in [3.8, 4) is 5.75 Å². The third kappa shape index (κ3) is 4.42. The Bertz CT molecular complexity index is 489. The number of nitrogens with one attached hydrogen (secondary N) is 1. The van der Waals surface area contributed by atoms with Gasteiger partial charge in [0.2, 0.25) is 0 Å².